The molecule has 1 fully saturated rings. The number of hydrogen-bond donors (Lipinski definition) is 4. The number of likely N-dealkylation sites (tertiary alicyclic amines) is 1. The van der Waals surface area contributed by atoms with E-state index in [1.165, 1.54) is 4.90 Å². The molecule has 1 aromatic carbocycles. The second-order valence-corrected chi connectivity index (χ2v) is 7.79. The lowest BCUT2D eigenvalue weighted by Gasteiger charge is -2.31. The molecule has 158 valence electrons. The molecule has 1 atom stereocenters. The van der Waals surface area contributed by atoms with Crippen molar-refractivity contribution in [2.45, 2.75) is 18.9 Å². The first-order valence-electron chi connectivity index (χ1n) is 9.10. The van der Waals surface area contributed by atoms with E-state index in [2.05, 4.69) is 5.32 Å². The SMILES string of the molecule is NC(=O)Nc1cc(-c2cccc(C(N)=O)c2)sc1C(=O)OC1CCCN(C(N)=O)C1. The summed E-state index contributed by atoms with van der Waals surface area (Å²) in [5.74, 6) is -1.24. The van der Waals surface area contributed by atoms with E-state index < -0.39 is 30.0 Å². The Hall–Kier alpha value is -3.60. The highest BCUT2D eigenvalue weighted by Gasteiger charge is 2.28. The second kappa shape index (κ2) is 8.82. The molecule has 1 aliphatic rings. The van der Waals surface area contributed by atoms with Crippen LogP contribution < -0.4 is 22.5 Å². The van der Waals surface area contributed by atoms with Gasteiger partial charge in [0, 0.05) is 17.0 Å². The van der Waals surface area contributed by atoms with E-state index in [-0.39, 0.29) is 17.1 Å². The zero-order valence-corrected chi connectivity index (χ0v) is 16.7. The Morgan fingerprint density at radius 3 is 2.57 bits per heavy atom. The van der Waals surface area contributed by atoms with Crippen LogP contribution >= 0.6 is 11.3 Å². The lowest BCUT2D eigenvalue weighted by Crippen LogP contribution is -2.46. The van der Waals surface area contributed by atoms with Gasteiger partial charge in [-0.1, -0.05) is 12.1 Å². The molecule has 5 amide bonds. The molecule has 2 aromatic rings. The summed E-state index contributed by atoms with van der Waals surface area (Å²) in [6.07, 6.45) is 0.736. The third kappa shape index (κ3) is 4.87. The highest BCUT2D eigenvalue weighted by atomic mass is 32.1. The number of urea groups is 2. The molecule has 7 N–H and O–H groups in total. The van der Waals surface area contributed by atoms with Crippen LogP contribution in [0.15, 0.2) is 30.3 Å². The highest BCUT2D eigenvalue weighted by molar-refractivity contribution is 7.18. The number of hydrogen-bond acceptors (Lipinski definition) is 6. The van der Waals surface area contributed by atoms with Crippen LogP contribution in [0.5, 0.6) is 0 Å². The average Bonchev–Trinajstić information content (AvgIpc) is 3.11. The summed E-state index contributed by atoms with van der Waals surface area (Å²) >= 11 is 1.08. The molecule has 0 radical (unpaired) electrons. The number of esters is 1. The highest BCUT2D eigenvalue weighted by Crippen LogP contribution is 2.36. The number of nitrogens with zero attached hydrogens (tertiary/aromatic N) is 1. The second-order valence-electron chi connectivity index (χ2n) is 6.74. The monoisotopic (exact) mass is 431 g/mol. The van der Waals surface area contributed by atoms with Gasteiger partial charge in [-0.3, -0.25) is 4.79 Å². The largest absolute Gasteiger partial charge is 0.456 e. The molecule has 3 rings (SSSR count). The van der Waals surface area contributed by atoms with Crippen LogP contribution in [0, 0.1) is 0 Å². The van der Waals surface area contributed by atoms with Gasteiger partial charge in [0.25, 0.3) is 0 Å². The molecule has 2 heterocycles. The molecule has 10 nitrogen and oxygen atoms in total. The Morgan fingerprint density at radius 2 is 1.90 bits per heavy atom. The third-order valence-electron chi connectivity index (χ3n) is 4.57. The molecule has 1 aromatic heterocycles. The van der Waals surface area contributed by atoms with E-state index >= 15 is 0 Å². The van der Waals surface area contributed by atoms with Crippen LogP contribution in [0.4, 0.5) is 15.3 Å². The van der Waals surface area contributed by atoms with Crippen molar-refractivity contribution in [2.75, 3.05) is 18.4 Å². The van der Waals surface area contributed by atoms with Crippen molar-refractivity contribution in [1.29, 1.82) is 0 Å². The molecule has 1 saturated heterocycles. The van der Waals surface area contributed by atoms with Crippen molar-refractivity contribution in [2.24, 2.45) is 17.2 Å². The molecule has 1 aliphatic heterocycles. The minimum atomic E-state index is -0.836. The fourth-order valence-electron chi connectivity index (χ4n) is 3.18. The van der Waals surface area contributed by atoms with Crippen molar-refractivity contribution in [3.05, 3.63) is 40.8 Å². The van der Waals surface area contributed by atoms with Gasteiger partial charge in [0.05, 0.1) is 12.2 Å². The minimum Gasteiger partial charge on any atom is -0.456 e. The number of carbonyl (C=O) groups is 4. The van der Waals surface area contributed by atoms with Crippen LogP contribution in [0.25, 0.3) is 10.4 Å². The van der Waals surface area contributed by atoms with Crippen LogP contribution in [0.1, 0.15) is 32.9 Å². The van der Waals surface area contributed by atoms with Crippen LogP contribution in [0.2, 0.25) is 0 Å². The number of nitrogens with one attached hydrogen (secondary N) is 1. The van der Waals surface area contributed by atoms with E-state index in [4.69, 9.17) is 21.9 Å². The Labute approximate surface area is 175 Å². The first kappa shape index (κ1) is 21.1. The Kier molecular flexibility index (Phi) is 6.21. The van der Waals surface area contributed by atoms with E-state index in [0.717, 1.165) is 11.3 Å². The predicted octanol–water partition coefficient (Wildman–Crippen LogP) is 1.70. The maximum atomic E-state index is 12.8. The van der Waals surface area contributed by atoms with Gasteiger partial charge >= 0.3 is 18.0 Å². The summed E-state index contributed by atoms with van der Waals surface area (Å²) in [6.45, 7) is 0.718. The quantitative estimate of drug-likeness (QED) is 0.527. The van der Waals surface area contributed by atoms with Gasteiger partial charge < -0.3 is 32.2 Å². The van der Waals surface area contributed by atoms with Gasteiger partial charge in [0.15, 0.2) is 0 Å². The molecular weight excluding hydrogens is 410 g/mol. The van der Waals surface area contributed by atoms with Crippen molar-refractivity contribution >= 4 is 41.0 Å². The van der Waals surface area contributed by atoms with Crippen molar-refractivity contribution in [3.8, 4) is 10.4 Å². The number of amides is 5. The summed E-state index contributed by atoms with van der Waals surface area (Å²) < 4.78 is 5.55. The summed E-state index contributed by atoms with van der Waals surface area (Å²) in [7, 11) is 0. The molecule has 11 heteroatoms. The predicted molar refractivity (Wildman–Crippen MR) is 111 cm³/mol. The van der Waals surface area contributed by atoms with Crippen molar-refractivity contribution in [1.82, 2.24) is 4.90 Å². The molecule has 0 bridgehead atoms. The molecule has 0 saturated carbocycles. The maximum Gasteiger partial charge on any atom is 0.350 e. The fourth-order valence-corrected chi connectivity index (χ4v) is 4.17. The van der Waals surface area contributed by atoms with Gasteiger partial charge in [0.1, 0.15) is 11.0 Å². The maximum absolute atomic E-state index is 12.8. The smallest absolute Gasteiger partial charge is 0.350 e. The number of rotatable bonds is 5. The number of benzene rings is 1. The van der Waals surface area contributed by atoms with E-state index in [0.29, 0.717) is 35.4 Å². The van der Waals surface area contributed by atoms with Gasteiger partial charge in [-0.15, -0.1) is 11.3 Å². The van der Waals surface area contributed by atoms with Gasteiger partial charge in [-0.25, -0.2) is 14.4 Å². The number of piperidine rings is 1. The number of primary amides is 3. The first-order chi connectivity index (χ1) is 14.2. The number of nitrogens with two attached hydrogens (primary N) is 3. The fraction of sp³-hybridized carbons (Fsp3) is 0.263. The Morgan fingerprint density at radius 1 is 1.13 bits per heavy atom. The number of ether oxygens (including phenoxy) is 1. The summed E-state index contributed by atoms with van der Waals surface area (Å²) in [4.78, 5) is 49.2. The zero-order valence-electron chi connectivity index (χ0n) is 15.9. The molecule has 1 unspecified atom stereocenters. The van der Waals surface area contributed by atoms with Gasteiger partial charge in [0.2, 0.25) is 5.91 Å². The summed E-state index contributed by atoms with van der Waals surface area (Å²) in [6, 6.07) is 6.73. The number of carbonyl (C=O) groups excluding carboxylic acids is 4. The lowest BCUT2D eigenvalue weighted by atomic mass is 10.1. The molecule has 30 heavy (non-hydrogen) atoms. The van der Waals surface area contributed by atoms with Crippen molar-refractivity contribution < 1.29 is 23.9 Å². The third-order valence-corrected chi connectivity index (χ3v) is 5.73. The first-order valence-corrected chi connectivity index (χ1v) is 9.92. The average molecular weight is 431 g/mol. The van der Waals surface area contributed by atoms with Crippen LogP contribution in [-0.4, -0.2) is 48.0 Å². The molecule has 0 aliphatic carbocycles. The van der Waals surface area contributed by atoms with E-state index in [1.54, 1.807) is 30.3 Å². The number of thiophene rings is 1. The van der Waals surface area contributed by atoms with Crippen LogP contribution in [-0.2, 0) is 4.74 Å². The molecular formula is C19H21N5O5S. The van der Waals surface area contributed by atoms with Crippen molar-refractivity contribution in [3.63, 3.8) is 0 Å². The lowest BCUT2D eigenvalue weighted by molar-refractivity contribution is 0.0134. The zero-order chi connectivity index (χ0) is 21.8. The summed E-state index contributed by atoms with van der Waals surface area (Å²) in [5, 5.41) is 2.42. The van der Waals surface area contributed by atoms with Crippen LogP contribution in [0.3, 0.4) is 0 Å². The standard InChI is InChI=1S/C19H21N5O5S/c20-16(25)11-4-1-3-10(7-11)14-8-13(23-18(21)27)15(30-14)17(26)29-12-5-2-6-24(9-12)19(22)28/h1,3-4,7-8,12H,2,5-6,9H2,(H2,20,25)(H2,22,28)(H3,21,23,27). The van der Waals surface area contributed by atoms with E-state index in [1.807, 2.05) is 0 Å². The minimum absolute atomic E-state index is 0.143. The van der Waals surface area contributed by atoms with Gasteiger partial charge in [-0.2, -0.15) is 0 Å². The number of anilines is 1. The van der Waals surface area contributed by atoms with Gasteiger partial charge in [-0.05, 0) is 36.6 Å². The Balaban J connectivity index is 1.86. The molecule has 0 spiro atoms. The summed E-state index contributed by atoms with van der Waals surface area (Å²) in [5.41, 5.74) is 17.0. The Bertz CT molecular complexity index is 1000. The normalized spacial score (nSPS) is 16.0. The topological polar surface area (TPSA) is 171 Å². The van der Waals surface area contributed by atoms with E-state index in [9.17, 15) is 19.2 Å².